The number of cyclic esters (lactones) is 1. The van der Waals surface area contributed by atoms with Crippen LogP contribution < -0.4 is 10.1 Å². The third-order valence-electron chi connectivity index (χ3n) is 2.41. The van der Waals surface area contributed by atoms with Gasteiger partial charge in [0.2, 0.25) is 0 Å². The van der Waals surface area contributed by atoms with E-state index in [1.165, 1.54) is 11.3 Å². The Morgan fingerprint density at radius 3 is 2.94 bits per heavy atom. The molecule has 5 nitrogen and oxygen atoms in total. The van der Waals surface area contributed by atoms with Crippen molar-refractivity contribution in [2.45, 2.75) is 18.9 Å². The molecular formula is C10H10BrNO4S. The van der Waals surface area contributed by atoms with Crippen molar-refractivity contribution >= 4 is 39.3 Å². The zero-order valence-corrected chi connectivity index (χ0v) is 11.4. The van der Waals surface area contributed by atoms with Gasteiger partial charge < -0.3 is 14.8 Å². The van der Waals surface area contributed by atoms with E-state index in [-0.39, 0.29) is 0 Å². The third kappa shape index (κ3) is 2.78. The van der Waals surface area contributed by atoms with E-state index in [4.69, 9.17) is 9.47 Å². The van der Waals surface area contributed by atoms with Crippen LogP contribution in [0, 0.1) is 0 Å². The van der Waals surface area contributed by atoms with Crippen LogP contribution in [0.15, 0.2) is 15.9 Å². The lowest BCUT2D eigenvalue weighted by Gasteiger charge is -2.19. The topological polar surface area (TPSA) is 64.6 Å². The second-order valence-corrected chi connectivity index (χ2v) is 6.22. The monoisotopic (exact) mass is 319 g/mol. The fraction of sp³-hybridized carbons (Fsp3) is 0.400. The van der Waals surface area contributed by atoms with Crippen molar-refractivity contribution in [3.63, 3.8) is 0 Å². The Hall–Kier alpha value is -1.08. The summed E-state index contributed by atoms with van der Waals surface area (Å²) in [7, 11) is 0. The maximum absolute atomic E-state index is 11.6. The minimum absolute atomic E-state index is 0.320. The Balaban J connectivity index is 1.95. The highest BCUT2D eigenvalue weighted by molar-refractivity contribution is 9.11. The molecule has 0 radical (unpaired) electrons. The van der Waals surface area contributed by atoms with E-state index in [9.17, 15) is 9.59 Å². The number of carbonyl (C=O) groups excluding carboxylic acids is 2. The van der Waals surface area contributed by atoms with Gasteiger partial charge in [0.25, 0.3) is 0 Å². The van der Waals surface area contributed by atoms with Crippen LogP contribution in [0.5, 0.6) is 5.06 Å². The van der Waals surface area contributed by atoms with E-state index < -0.39 is 17.6 Å². The largest absolute Gasteiger partial charge is 0.464 e. The Labute approximate surface area is 110 Å². The van der Waals surface area contributed by atoms with Gasteiger partial charge in [-0.1, -0.05) is 11.3 Å². The maximum atomic E-state index is 11.6. The van der Waals surface area contributed by atoms with Crippen LogP contribution in [0.3, 0.4) is 0 Å². The number of hydrogen-bond donors (Lipinski definition) is 1. The zero-order chi connectivity index (χ0) is 12.5. The molecule has 1 unspecified atom stereocenters. The van der Waals surface area contributed by atoms with Gasteiger partial charge >= 0.3 is 12.1 Å². The quantitative estimate of drug-likeness (QED) is 0.849. The highest BCUT2D eigenvalue weighted by Crippen LogP contribution is 2.29. The minimum atomic E-state index is -0.981. The van der Waals surface area contributed by atoms with Crippen LogP contribution in [0.25, 0.3) is 0 Å². The Morgan fingerprint density at radius 1 is 1.65 bits per heavy atom. The van der Waals surface area contributed by atoms with Crippen molar-refractivity contribution in [2.75, 3.05) is 6.61 Å². The number of nitrogens with one attached hydrogen (secondary N) is 1. The van der Waals surface area contributed by atoms with Gasteiger partial charge in [0.05, 0.1) is 10.4 Å². The normalized spacial score (nSPS) is 23.3. The molecule has 1 amide bonds. The molecule has 1 aliphatic rings. The third-order valence-corrected chi connectivity index (χ3v) is 3.91. The van der Waals surface area contributed by atoms with Gasteiger partial charge in [-0.15, -0.1) is 0 Å². The van der Waals surface area contributed by atoms with E-state index in [1.807, 2.05) is 0 Å². The second kappa shape index (κ2) is 4.66. The molecule has 1 fully saturated rings. The fourth-order valence-corrected chi connectivity index (χ4v) is 2.61. The van der Waals surface area contributed by atoms with Gasteiger partial charge in [-0.2, -0.15) is 0 Å². The fourth-order valence-electron chi connectivity index (χ4n) is 1.42. The van der Waals surface area contributed by atoms with Gasteiger partial charge in [-0.05, 0) is 35.0 Å². The standard InChI is InChI=1S/C10H10BrNO4S/c1-10(4-5-15-8(10)13)12-9(14)16-7-3-2-6(11)17-7/h2-3H,4-5H2,1H3,(H,12,14). The molecule has 1 aliphatic heterocycles. The number of thiophene rings is 1. The molecule has 1 aromatic heterocycles. The molecule has 0 aliphatic carbocycles. The highest BCUT2D eigenvalue weighted by Gasteiger charge is 2.41. The van der Waals surface area contributed by atoms with Crippen LogP contribution in [-0.4, -0.2) is 24.2 Å². The summed E-state index contributed by atoms with van der Waals surface area (Å²) in [6.45, 7) is 1.94. The van der Waals surface area contributed by atoms with E-state index >= 15 is 0 Å². The molecule has 1 saturated heterocycles. The zero-order valence-electron chi connectivity index (χ0n) is 8.99. The van der Waals surface area contributed by atoms with Crippen LogP contribution in [0.4, 0.5) is 4.79 Å². The molecule has 0 saturated carbocycles. The number of esters is 1. The number of ether oxygens (including phenoxy) is 2. The van der Waals surface area contributed by atoms with Crippen LogP contribution in [0.1, 0.15) is 13.3 Å². The van der Waals surface area contributed by atoms with Crippen molar-refractivity contribution in [3.05, 3.63) is 15.9 Å². The summed E-state index contributed by atoms with van der Waals surface area (Å²) in [6, 6.07) is 3.45. The lowest BCUT2D eigenvalue weighted by Crippen LogP contribution is -2.50. The second-order valence-electron chi connectivity index (χ2n) is 3.79. The van der Waals surface area contributed by atoms with Gasteiger partial charge in [0.1, 0.15) is 5.54 Å². The molecule has 7 heteroatoms. The molecular weight excluding hydrogens is 310 g/mol. The summed E-state index contributed by atoms with van der Waals surface area (Å²) in [5, 5.41) is 2.98. The van der Waals surface area contributed by atoms with Crippen LogP contribution in [-0.2, 0) is 9.53 Å². The van der Waals surface area contributed by atoms with Gasteiger partial charge in [-0.25, -0.2) is 9.59 Å². The first-order valence-corrected chi connectivity index (χ1v) is 6.53. The van der Waals surface area contributed by atoms with E-state index in [0.29, 0.717) is 18.1 Å². The molecule has 1 atom stereocenters. The summed E-state index contributed by atoms with van der Waals surface area (Å²) < 4.78 is 10.7. The summed E-state index contributed by atoms with van der Waals surface area (Å²) in [6.07, 6.45) is -0.199. The highest BCUT2D eigenvalue weighted by atomic mass is 79.9. The number of hydrogen-bond acceptors (Lipinski definition) is 5. The van der Waals surface area contributed by atoms with Crippen molar-refractivity contribution in [1.29, 1.82) is 0 Å². The molecule has 1 N–H and O–H groups in total. The SMILES string of the molecule is CC1(NC(=O)Oc2ccc(Br)s2)CCOC1=O. The first-order chi connectivity index (χ1) is 7.99. The molecule has 0 aromatic carbocycles. The Morgan fingerprint density at radius 2 is 2.41 bits per heavy atom. The van der Waals surface area contributed by atoms with E-state index in [1.54, 1.807) is 19.1 Å². The van der Waals surface area contributed by atoms with Crippen molar-refractivity contribution in [1.82, 2.24) is 5.32 Å². The van der Waals surface area contributed by atoms with E-state index in [2.05, 4.69) is 21.2 Å². The lowest BCUT2D eigenvalue weighted by molar-refractivity contribution is -0.142. The summed E-state index contributed by atoms with van der Waals surface area (Å²) in [5.41, 5.74) is -0.981. The molecule has 2 heterocycles. The molecule has 1 aromatic rings. The molecule has 2 rings (SSSR count). The van der Waals surface area contributed by atoms with Gasteiger partial charge in [0, 0.05) is 6.42 Å². The Bertz CT molecular complexity index is 461. The number of rotatable bonds is 2. The first-order valence-electron chi connectivity index (χ1n) is 4.92. The van der Waals surface area contributed by atoms with Gasteiger partial charge in [-0.3, -0.25) is 0 Å². The maximum Gasteiger partial charge on any atom is 0.414 e. The summed E-state index contributed by atoms with van der Waals surface area (Å²) in [4.78, 5) is 23.0. The van der Waals surface area contributed by atoms with Gasteiger partial charge in [0.15, 0.2) is 5.06 Å². The first kappa shape index (κ1) is 12.4. The Kier molecular flexibility index (Phi) is 3.39. The van der Waals surface area contributed by atoms with Crippen LogP contribution in [0.2, 0.25) is 0 Å². The molecule has 0 bridgehead atoms. The lowest BCUT2D eigenvalue weighted by atomic mass is 10.0. The molecule has 17 heavy (non-hydrogen) atoms. The van der Waals surface area contributed by atoms with Crippen molar-refractivity contribution < 1.29 is 19.1 Å². The predicted molar refractivity (Wildman–Crippen MR) is 65.2 cm³/mol. The molecule has 0 spiro atoms. The number of amides is 1. The van der Waals surface area contributed by atoms with Crippen molar-refractivity contribution in [2.24, 2.45) is 0 Å². The summed E-state index contributed by atoms with van der Waals surface area (Å²) in [5.74, 6) is -0.429. The van der Waals surface area contributed by atoms with E-state index in [0.717, 1.165) is 3.79 Å². The number of carbonyl (C=O) groups is 2. The van der Waals surface area contributed by atoms with Crippen molar-refractivity contribution in [3.8, 4) is 5.06 Å². The van der Waals surface area contributed by atoms with Crippen LogP contribution >= 0.6 is 27.3 Å². The average Bonchev–Trinajstić information content (AvgIpc) is 2.75. The minimum Gasteiger partial charge on any atom is -0.464 e. The number of halogens is 1. The predicted octanol–water partition coefficient (Wildman–Crippen LogP) is 2.30. The summed E-state index contributed by atoms with van der Waals surface area (Å²) >= 11 is 4.55. The average molecular weight is 320 g/mol. The smallest absolute Gasteiger partial charge is 0.414 e. The molecule has 92 valence electrons.